The Morgan fingerprint density at radius 3 is 2.24 bits per heavy atom. The number of rotatable bonds is 11. The van der Waals surface area contributed by atoms with Crippen molar-refractivity contribution in [2.45, 2.75) is 53.1 Å². The first kappa shape index (κ1) is 26.4. The number of hydrogen-bond acceptors (Lipinski definition) is 4. The molecular weight excluding hydrogens is 438 g/mol. The molecule has 0 aliphatic heterocycles. The summed E-state index contributed by atoms with van der Waals surface area (Å²) in [6.07, 6.45) is 1.63. The van der Waals surface area contributed by atoms with Crippen LogP contribution in [0.1, 0.15) is 43.4 Å². The van der Waals surface area contributed by atoms with E-state index in [-0.39, 0.29) is 24.8 Å². The highest BCUT2D eigenvalue weighted by Gasteiger charge is 2.26. The number of carbonyl (C=O) groups excluding carboxylic acids is 2. The van der Waals surface area contributed by atoms with Crippen LogP contribution in [0.3, 0.4) is 0 Å². The van der Waals surface area contributed by atoms with Gasteiger partial charge >= 0.3 is 0 Å². The minimum Gasteiger partial charge on any atom is -0.355 e. The van der Waals surface area contributed by atoms with Crippen LogP contribution in [0, 0.1) is 13.8 Å². The highest BCUT2D eigenvalue weighted by Crippen LogP contribution is 2.20. The zero-order chi connectivity index (χ0) is 24.6. The molecule has 0 aliphatic rings. The summed E-state index contributed by atoms with van der Waals surface area (Å²) in [5, 5.41) is 2.78. The van der Waals surface area contributed by atoms with E-state index < -0.39 is 16.1 Å². The first-order chi connectivity index (χ1) is 15.5. The van der Waals surface area contributed by atoms with Gasteiger partial charge in [-0.25, -0.2) is 8.42 Å². The molecule has 33 heavy (non-hydrogen) atoms. The predicted molar refractivity (Wildman–Crippen MR) is 132 cm³/mol. The Morgan fingerprint density at radius 1 is 1.03 bits per heavy atom. The van der Waals surface area contributed by atoms with E-state index in [1.54, 1.807) is 24.0 Å². The molecule has 0 spiro atoms. The van der Waals surface area contributed by atoms with Crippen molar-refractivity contribution >= 4 is 27.5 Å². The second kappa shape index (κ2) is 11.8. The molecule has 8 heteroatoms. The molecule has 0 bridgehead atoms. The van der Waals surface area contributed by atoms with Gasteiger partial charge in [-0.1, -0.05) is 42.0 Å². The van der Waals surface area contributed by atoms with Gasteiger partial charge in [0.05, 0.1) is 11.9 Å². The van der Waals surface area contributed by atoms with E-state index in [0.717, 1.165) is 22.9 Å². The minimum absolute atomic E-state index is 0.132. The first-order valence-corrected chi connectivity index (χ1v) is 13.1. The van der Waals surface area contributed by atoms with Gasteiger partial charge in [0.15, 0.2) is 0 Å². The Bertz CT molecular complexity index is 1050. The van der Waals surface area contributed by atoms with Crippen molar-refractivity contribution < 1.29 is 18.0 Å². The lowest BCUT2D eigenvalue weighted by atomic mass is 10.1. The van der Waals surface area contributed by atoms with Crippen LogP contribution >= 0.6 is 0 Å². The highest BCUT2D eigenvalue weighted by atomic mass is 32.2. The van der Waals surface area contributed by atoms with Crippen molar-refractivity contribution in [2.75, 3.05) is 23.7 Å². The number of benzene rings is 2. The lowest BCUT2D eigenvalue weighted by Crippen LogP contribution is -2.47. The monoisotopic (exact) mass is 473 g/mol. The van der Waals surface area contributed by atoms with Crippen LogP contribution in [0.15, 0.2) is 48.5 Å². The number of amides is 2. The van der Waals surface area contributed by atoms with E-state index in [1.165, 1.54) is 4.31 Å². The Labute approximate surface area is 197 Å². The van der Waals surface area contributed by atoms with Crippen LogP contribution < -0.4 is 9.62 Å². The summed E-state index contributed by atoms with van der Waals surface area (Å²) < 4.78 is 26.0. The van der Waals surface area contributed by atoms with Crippen molar-refractivity contribution in [1.82, 2.24) is 10.2 Å². The van der Waals surface area contributed by atoms with Gasteiger partial charge in [-0.2, -0.15) is 0 Å². The number of nitrogens with one attached hydrogen (secondary N) is 1. The summed E-state index contributed by atoms with van der Waals surface area (Å²) in [6, 6.07) is 14.4. The minimum atomic E-state index is -3.50. The van der Waals surface area contributed by atoms with Gasteiger partial charge < -0.3 is 10.2 Å². The summed E-state index contributed by atoms with van der Waals surface area (Å²) in [6.45, 7) is 8.44. The fourth-order valence-corrected chi connectivity index (χ4v) is 4.56. The van der Waals surface area contributed by atoms with Crippen molar-refractivity contribution in [3.05, 3.63) is 65.2 Å². The average molecular weight is 474 g/mol. The van der Waals surface area contributed by atoms with E-state index in [2.05, 4.69) is 5.32 Å². The van der Waals surface area contributed by atoms with Crippen LogP contribution in [0.2, 0.25) is 0 Å². The van der Waals surface area contributed by atoms with Gasteiger partial charge in [0.25, 0.3) is 0 Å². The molecule has 2 aromatic carbocycles. The molecule has 0 saturated carbocycles. The first-order valence-electron chi connectivity index (χ1n) is 11.2. The number of aryl methyl sites for hydroxylation is 2. The predicted octanol–water partition coefficient (Wildman–Crippen LogP) is 3.40. The van der Waals surface area contributed by atoms with E-state index >= 15 is 0 Å². The summed E-state index contributed by atoms with van der Waals surface area (Å²) >= 11 is 0. The van der Waals surface area contributed by atoms with Crippen molar-refractivity contribution in [2.24, 2.45) is 0 Å². The number of likely N-dealkylation sites (N-methyl/N-ethyl adjacent to an activating group) is 1. The second-order valence-corrected chi connectivity index (χ2v) is 10.2. The zero-order valence-electron chi connectivity index (χ0n) is 20.2. The molecule has 1 N–H and O–H groups in total. The molecule has 7 nitrogen and oxygen atoms in total. The number of carbonyl (C=O) groups is 2. The molecular formula is C25H35N3O4S. The molecule has 0 fully saturated rings. The normalized spacial score (nSPS) is 12.2. The lowest BCUT2D eigenvalue weighted by Gasteiger charge is -2.30. The van der Waals surface area contributed by atoms with Crippen molar-refractivity contribution in [3.8, 4) is 0 Å². The molecule has 0 saturated heterocycles. The highest BCUT2D eigenvalue weighted by molar-refractivity contribution is 7.92. The Hall–Kier alpha value is -2.87. The van der Waals surface area contributed by atoms with E-state index in [9.17, 15) is 18.0 Å². The third-order valence-electron chi connectivity index (χ3n) is 5.59. The fourth-order valence-electron chi connectivity index (χ4n) is 3.59. The quantitative estimate of drug-likeness (QED) is 0.542. The number of anilines is 1. The largest absolute Gasteiger partial charge is 0.355 e. The molecule has 0 radical (unpaired) electrons. The molecule has 0 aromatic heterocycles. The van der Waals surface area contributed by atoms with Gasteiger partial charge in [0.2, 0.25) is 21.8 Å². The number of sulfonamides is 1. The molecule has 2 rings (SSSR count). The van der Waals surface area contributed by atoms with Crippen LogP contribution in [0.4, 0.5) is 5.69 Å². The van der Waals surface area contributed by atoms with Gasteiger partial charge in [0.1, 0.15) is 6.04 Å². The van der Waals surface area contributed by atoms with Gasteiger partial charge in [-0.05, 0) is 57.4 Å². The van der Waals surface area contributed by atoms with Crippen molar-refractivity contribution in [1.29, 1.82) is 0 Å². The Morgan fingerprint density at radius 2 is 1.67 bits per heavy atom. The van der Waals surface area contributed by atoms with Gasteiger partial charge in [-0.15, -0.1) is 0 Å². The summed E-state index contributed by atoms with van der Waals surface area (Å²) in [5.41, 5.74) is 3.62. The summed E-state index contributed by atoms with van der Waals surface area (Å²) in [7, 11) is -3.50. The van der Waals surface area contributed by atoms with Crippen LogP contribution in [-0.2, 0) is 26.2 Å². The molecule has 1 atom stereocenters. The molecule has 180 valence electrons. The maximum Gasteiger partial charge on any atom is 0.242 e. The van der Waals surface area contributed by atoms with Gasteiger partial charge in [-0.3, -0.25) is 13.9 Å². The zero-order valence-corrected chi connectivity index (χ0v) is 21.0. The molecule has 2 aromatic rings. The molecule has 0 aliphatic carbocycles. The van der Waals surface area contributed by atoms with Crippen LogP contribution in [0.5, 0.6) is 0 Å². The maximum atomic E-state index is 13.2. The van der Waals surface area contributed by atoms with Crippen LogP contribution in [0.25, 0.3) is 0 Å². The lowest BCUT2D eigenvalue weighted by molar-refractivity contribution is -0.140. The molecule has 0 unspecified atom stereocenters. The topological polar surface area (TPSA) is 86.8 Å². The fraction of sp³-hybridized carbons (Fsp3) is 0.440. The Balaban J connectivity index is 2.15. The standard InChI is InChI=1S/C25H35N3O4S/c1-6-26-25(30)21(4)27(18-22-11-8-7-10-20(22)3)24(29)12-9-17-28(33(5,31)32)23-15-13-19(2)14-16-23/h7-8,10-11,13-16,21H,6,9,12,17-18H2,1-5H3,(H,26,30)/t21-/m0/s1. The smallest absolute Gasteiger partial charge is 0.242 e. The molecule has 2 amide bonds. The number of nitrogens with zero attached hydrogens (tertiary/aromatic N) is 2. The van der Waals surface area contributed by atoms with Crippen molar-refractivity contribution in [3.63, 3.8) is 0 Å². The number of hydrogen-bond donors (Lipinski definition) is 1. The van der Waals surface area contributed by atoms with E-state index in [1.807, 2.05) is 57.2 Å². The summed E-state index contributed by atoms with van der Waals surface area (Å²) in [5.74, 6) is -0.397. The Kier molecular flexibility index (Phi) is 9.46. The average Bonchev–Trinajstić information content (AvgIpc) is 2.75. The van der Waals surface area contributed by atoms with E-state index in [0.29, 0.717) is 25.2 Å². The SMILES string of the molecule is CCNC(=O)[C@H](C)N(Cc1ccccc1C)C(=O)CCCN(c1ccc(C)cc1)S(C)(=O)=O. The van der Waals surface area contributed by atoms with Gasteiger partial charge in [0, 0.05) is 26.1 Å². The second-order valence-electron chi connectivity index (χ2n) is 8.29. The maximum absolute atomic E-state index is 13.2. The third-order valence-corrected chi connectivity index (χ3v) is 6.79. The van der Waals surface area contributed by atoms with Crippen LogP contribution in [-0.4, -0.2) is 50.5 Å². The molecule has 0 heterocycles. The van der Waals surface area contributed by atoms with E-state index in [4.69, 9.17) is 0 Å². The third kappa shape index (κ3) is 7.60. The summed E-state index contributed by atoms with van der Waals surface area (Å²) in [4.78, 5) is 27.3.